The minimum atomic E-state index is -5.42. The minimum Gasteiger partial charge on any atom is -0.387 e. The number of fused-ring (bicyclic) bond motifs is 2. The van der Waals surface area contributed by atoms with Gasteiger partial charge in [-0.3, -0.25) is 52.1 Å². The summed E-state index contributed by atoms with van der Waals surface area (Å²) in [5, 5.41) is 42.2. The number of nitrogens with one attached hydrogen (secondary N) is 4. The van der Waals surface area contributed by atoms with Crippen LogP contribution < -0.4 is 31.7 Å². The molecule has 6 heterocycles. The van der Waals surface area contributed by atoms with Gasteiger partial charge in [-0.25, -0.2) is 22.8 Å². The highest BCUT2D eigenvalue weighted by atomic mass is 31.2. The van der Waals surface area contributed by atoms with Gasteiger partial charge >= 0.3 is 34.8 Å². The molecule has 0 saturated carbocycles. The molecule has 6 rings (SSSR count). The predicted octanol–water partition coefficient (Wildman–Crippen LogP) is -5.76. The van der Waals surface area contributed by atoms with Crippen molar-refractivity contribution < 1.29 is 94.9 Å². The molecule has 10 atom stereocenters. The lowest BCUT2D eigenvalue weighted by Gasteiger charge is -2.22. The molecule has 30 nitrogen and oxygen atoms in total. The number of anilines is 2. The predicted molar refractivity (Wildman–Crippen MR) is 175 cm³/mol. The van der Waals surface area contributed by atoms with Gasteiger partial charge < -0.3 is 60.9 Å². The van der Waals surface area contributed by atoms with Crippen molar-refractivity contribution in [2.45, 2.75) is 55.2 Å². The summed E-state index contributed by atoms with van der Waals surface area (Å²) in [6.45, 7) is -4.30. The molecule has 0 aliphatic carbocycles. The number of aliphatic hydroxyl groups is 4. The van der Waals surface area contributed by atoms with Crippen LogP contribution in [0.5, 0.6) is 0 Å². The number of aromatic nitrogens is 8. The molecule has 0 spiro atoms. The standard InChI is InChI=1S/C23H33N10O20P3/c24-22-28-16-10(18(38)30-22)26-5-32(16)20-14(36)12(34)8(51-20)3-49-55(43,44)47-1-7(53-54(40,41)42)2-48-56(45,46)50-4-9-13(35)15(37)21(52-9)33-6-27-11-17(33)29-23(25)31-19(11)39/h5-9,12-15,20-21,34-37H,1-4H2,(H10,24,25,28,29,30,31,38,39,40,41,42,43,44,45,46)/p+2/t7?,8?,9?,12-,13-,14-,15-,20-,21-/m1/s1. The van der Waals surface area contributed by atoms with Crippen LogP contribution in [0.1, 0.15) is 12.5 Å². The van der Waals surface area contributed by atoms with Crippen molar-refractivity contribution in [3.05, 3.63) is 33.4 Å². The first-order chi connectivity index (χ1) is 26.1. The first kappa shape index (κ1) is 42.0. The number of nitrogen functional groups attached to an aromatic ring is 2. The molecule has 33 heteroatoms. The van der Waals surface area contributed by atoms with Crippen molar-refractivity contribution in [3.8, 4) is 0 Å². The topological polar surface area (TPSA) is 461 Å². The summed E-state index contributed by atoms with van der Waals surface area (Å²) in [6, 6.07) is 0. The second-order valence-corrected chi connectivity index (χ2v) is 16.2. The number of aromatic amines is 4. The van der Waals surface area contributed by atoms with Crippen LogP contribution >= 0.6 is 23.5 Å². The highest BCUT2D eigenvalue weighted by molar-refractivity contribution is 7.47. The number of phosphoric ester groups is 3. The molecule has 2 fully saturated rings. The summed E-state index contributed by atoms with van der Waals surface area (Å²) in [5.41, 5.74) is 9.59. The van der Waals surface area contributed by atoms with Crippen LogP contribution in [0.15, 0.2) is 22.2 Å². The third-order valence-corrected chi connectivity index (χ3v) is 10.7. The molecule has 0 bridgehead atoms. The van der Waals surface area contributed by atoms with Crippen molar-refractivity contribution in [1.82, 2.24) is 29.9 Å². The van der Waals surface area contributed by atoms with E-state index in [4.69, 9.17) is 39.0 Å². The maximum absolute atomic E-state index is 12.6. The SMILES string of the molecule is Nc1nc2c([nH]c[n+]2[C@@H]2OC(COP(=O)(O)OCC(COP(=O)(O)OCC3O[C@@H]([n+]4c[nH]c5c(=O)[nH]c(N)nc54)[C@H](O)[C@@H]3O)OP(=O)(O)O)[C@@H](O)[C@H]2O)c(=O)[nH]1. The number of H-pyrrole nitrogens is 4. The fourth-order valence-corrected chi connectivity index (χ4v) is 7.67. The van der Waals surface area contributed by atoms with Gasteiger partial charge in [0.15, 0.2) is 12.7 Å². The Balaban J connectivity index is 1.02. The van der Waals surface area contributed by atoms with E-state index in [1.54, 1.807) is 0 Å². The van der Waals surface area contributed by atoms with Crippen LogP contribution in [0.2, 0.25) is 0 Å². The van der Waals surface area contributed by atoms with E-state index in [2.05, 4.69) is 34.4 Å². The molecule has 2 saturated heterocycles. The van der Waals surface area contributed by atoms with Crippen LogP contribution in [0, 0.1) is 0 Å². The number of ether oxygens (including phenoxy) is 2. The zero-order valence-corrected chi connectivity index (χ0v) is 30.6. The maximum Gasteiger partial charge on any atom is 0.472 e. The van der Waals surface area contributed by atoms with E-state index >= 15 is 0 Å². The molecular formula is C23H35N10O20P3+2. The summed E-state index contributed by atoms with van der Waals surface area (Å²) in [6.07, 6.45) is -12.4. The molecule has 2 aliphatic heterocycles. The number of nitrogens with zero attached hydrogens (tertiary/aromatic N) is 4. The Morgan fingerprint density at radius 2 is 1.09 bits per heavy atom. The Kier molecular flexibility index (Phi) is 12.0. The summed E-state index contributed by atoms with van der Waals surface area (Å²) in [5.74, 6) is -0.549. The highest BCUT2D eigenvalue weighted by Gasteiger charge is 2.49. The number of nitrogens with two attached hydrogens (primary N) is 2. The van der Waals surface area contributed by atoms with Crippen molar-refractivity contribution in [3.63, 3.8) is 0 Å². The van der Waals surface area contributed by atoms with Crippen LogP contribution in [-0.2, 0) is 45.8 Å². The number of imidazole rings is 2. The Bertz CT molecular complexity index is 2180. The van der Waals surface area contributed by atoms with Gasteiger partial charge in [0.05, 0.1) is 26.4 Å². The second-order valence-electron chi connectivity index (χ2n) is 12.1. The zero-order chi connectivity index (χ0) is 40.9. The average molecular weight is 865 g/mol. The Hall–Kier alpha value is -3.61. The first-order valence-corrected chi connectivity index (χ1v) is 20.2. The summed E-state index contributed by atoms with van der Waals surface area (Å²) in [4.78, 5) is 80.9. The quantitative estimate of drug-likeness (QED) is 0.0368. The van der Waals surface area contributed by atoms with Gasteiger partial charge in [0.1, 0.15) is 42.7 Å². The third-order valence-electron chi connectivity index (χ3n) is 8.18. The van der Waals surface area contributed by atoms with Crippen LogP contribution in [0.3, 0.4) is 0 Å². The number of rotatable bonds is 16. The van der Waals surface area contributed by atoms with Crippen LogP contribution in [0.4, 0.5) is 11.9 Å². The van der Waals surface area contributed by atoms with Gasteiger partial charge in [0.2, 0.25) is 23.5 Å². The molecule has 16 N–H and O–H groups in total. The Morgan fingerprint density at radius 3 is 1.46 bits per heavy atom. The van der Waals surface area contributed by atoms with E-state index in [-0.39, 0.29) is 34.2 Å². The lowest BCUT2D eigenvalue weighted by Crippen LogP contribution is -2.46. The summed E-state index contributed by atoms with van der Waals surface area (Å²) >= 11 is 0. The molecular weight excluding hydrogens is 829 g/mol. The smallest absolute Gasteiger partial charge is 0.387 e. The second kappa shape index (κ2) is 16.0. The zero-order valence-electron chi connectivity index (χ0n) is 27.9. The van der Waals surface area contributed by atoms with E-state index < -0.39 is 116 Å². The maximum atomic E-state index is 12.6. The molecule has 0 radical (unpaired) electrons. The van der Waals surface area contributed by atoms with E-state index in [1.807, 2.05) is 0 Å². The van der Waals surface area contributed by atoms with E-state index in [0.29, 0.717) is 0 Å². The summed E-state index contributed by atoms with van der Waals surface area (Å²) < 4.78 is 73.7. The van der Waals surface area contributed by atoms with Crippen molar-refractivity contribution >= 4 is 57.7 Å². The van der Waals surface area contributed by atoms with Gasteiger partial charge in [-0.15, -0.1) is 0 Å². The van der Waals surface area contributed by atoms with Crippen molar-refractivity contribution in [1.29, 1.82) is 0 Å². The molecule has 310 valence electrons. The van der Waals surface area contributed by atoms with Gasteiger partial charge in [0, 0.05) is 0 Å². The fourth-order valence-electron chi connectivity index (χ4n) is 5.63. The number of hydrogen-bond donors (Lipinski definition) is 14. The monoisotopic (exact) mass is 864 g/mol. The van der Waals surface area contributed by atoms with Gasteiger partial charge in [-0.05, 0) is 0 Å². The van der Waals surface area contributed by atoms with Crippen molar-refractivity contribution in [2.75, 3.05) is 37.9 Å². The lowest BCUT2D eigenvalue weighted by atomic mass is 10.1. The van der Waals surface area contributed by atoms with Gasteiger partial charge in [0.25, 0.3) is 23.0 Å². The Morgan fingerprint density at radius 1 is 0.696 bits per heavy atom. The molecule has 2 aliphatic rings. The van der Waals surface area contributed by atoms with E-state index in [1.165, 1.54) is 12.7 Å². The summed E-state index contributed by atoms with van der Waals surface area (Å²) in [7, 11) is -15.8. The van der Waals surface area contributed by atoms with Crippen LogP contribution in [0.25, 0.3) is 22.3 Å². The normalized spacial score (nSPS) is 28.5. The van der Waals surface area contributed by atoms with E-state index in [9.17, 15) is 63.3 Å². The van der Waals surface area contributed by atoms with E-state index in [0.717, 1.165) is 9.13 Å². The number of phosphoric acid groups is 3. The molecule has 4 aromatic heterocycles. The molecule has 0 aromatic carbocycles. The van der Waals surface area contributed by atoms with Gasteiger partial charge in [-0.1, -0.05) is 9.97 Å². The minimum absolute atomic E-state index is 0.0566. The number of aliphatic hydroxyl groups excluding tert-OH is 4. The first-order valence-electron chi connectivity index (χ1n) is 15.7. The third kappa shape index (κ3) is 9.23. The van der Waals surface area contributed by atoms with Crippen molar-refractivity contribution in [2.24, 2.45) is 0 Å². The lowest BCUT2D eigenvalue weighted by molar-refractivity contribution is -0.745. The fraction of sp³-hybridized carbons (Fsp3) is 0.565. The largest absolute Gasteiger partial charge is 0.472 e. The van der Waals surface area contributed by atoms with Gasteiger partial charge in [-0.2, -0.15) is 0 Å². The molecule has 0 amide bonds. The highest BCUT2D eigenvalue weighted by Crippen LogP contribution is 2.48. The molecule has 4 aromatic rings. The average Bonchev–Trinajstić information content (AvgIpc) is 3.85. The van der Waals surface area contributed by atoms with Crippen LogP contribution in [-0.4, -0.2) is 139 Å². The number of hydrogen-bond acceptors (Lipinski definition) is 20. The molecule has 4 unspecified atom stereocenters. The Labute approximate surface area is 309 Å². The molecule has 56 heavy (non-hydrogen) atoms.